The molecule has 0 amide bonds. The summed E-state index contributed by atoms with van der Waals surface area (Å²) < 4.78 is 0. The van der Waals surface area contributed by atoms with Gasteiger partial charge in [-0.25, -0.2) is 99.7 Å². The topological polar surface area (TPSA) is 271 Å². The summed E-state index contributed by atoms with van der Waals surface area (Å²) in [5.74, 6) is 0. The monoisotopic (exact) mass is 635 g/mol. The van der Waals surface area contributed by atoms with Crippen molar-refractivity contribution in [2.45, 2.75) is 0 Å². The van der Waals surface area contributed by atoms with Gasteiger partial charge in [-0.2, -0.15) is 4.98 Å². The maximum atomic E-state index is 5.30. The number of hydrogen-bond donors (Lipinski definition) is 0. The minimum absolute atomic E-state index is 0.116. The van der Waals surface area contributed by atoms with E-state index in [1.165, 1.54) is 120 Å². The first-order chi connectivity index (χ1) is 21.8. The first kappa shape index (κ1) is 35.7. The van der Waals surface area contributed by atoms with Crippen LogP contribution in [0.5, 0.6) is 0 Å². The second-order valence-electron chi connectivity index (χ2n) is 5.79. The van der Waals surface area contributed by atoms with Crippen LogP contribution in [0.15, 0.2) is 120 Å². The van der Waals surface area contributed by atoms with E-state index in [1.54, 1.807) is 0 Å². The predicted molar refractivity (Wildman–Crippen MR) is 149 cm³/mol. The van der Waals surface area contributed by atoms with Gasteiger partial charge in [0.05, 0.1) is 0 Å². The van der Waals surface area contributed by atoms with E-state index >= 15 is 0 Å². The summed E-state index contributed by atoms with van der Waals surface area (Å²) in [6.45, 7) is 0. The van der Waals surface area contributed by atoms with Crippen molar-refractivity contribution in [2.75, 3.05) is 0 Å². The van der Waals surface area contributed by atoms with Gasteiger partial charge in [0.25, 0.3) is 0 Å². The van der Waals surface area contributed by atoms with Crippen molar-refractivity contribution in [1.82, 2.24) is 105 Å². The van der Waals surface area contributed by atoms with Crippen molar-refractivity contribution in [3.63, 3.8) is 0 Å². The molecule has 7 heterocycles. The summed E-state index contributed by atoms with van der Waals surface area (Å²) in [6, 6.07) is 0. The first-order valence-corrected chi connectivity index (χ1v) is 11.8. The Kier molecular flexibility index (Phi) is 24.0. The number of nitrogens with zero attached hydrogens (tertiary/aromatic N) is 21. The van der Waals surface area contributed by atoms with Crippen LogP contribution in [0.1, 0.15) is 0 Å². The van der Waals surface area contributed by atoms with Gasteiger partial charge >= 0.3 is 0 Å². The molecule has 222 valence electrons. The van der Waals surface area contributed by atoms with E-state index in [1.807, 2.05) is 0 Å². The molecule has 0 saturated carbocycles. The number of rotatable bonds is 0. The van der Waals surface area contributed by atoms with E-state index in [2.05, 4.69) is 105 Å². The summed E-state index contributed by atoms with van der Waals surface area (Å²) in [7, 11) is 0. The molecule has 0 aromatic carbocycles. The fourth-order valence-corrected chi connectivity index (χ4v) is 1.78. The third kappa shape index (κ3) is 27.2. The van der Waals surface area contributed by atoms with E-state index in [0.29, 0.717) is 0 Å². The zero-order chi connectivity index (χ0) is 31.4. The molecule has 7 rings (SSSR count). The smallest absolute Gasteiger partial charge is 0.225 e. The average molecular weight is 636 g/mol. The summed E-state index contributed by atoms with van der Waals surface area (Å²) in [5.41, 5.74) is 0. The molecular formula is C21H19Cl2N21. The fraction of sp³-hybridized carbons (Fsp3) is 0. The Balaban J connectivity index is 0.000000257. The number of hydrogen-bond acceptors (Lipinski definition) is 21. The van der Waals surface area contributed by atoms with Crippen LogP contribution < -0.4 is 0 Å². The molecule has 23 heteroatoms. The summed E-state index contributed by atoms with van der Waals surface area (Å²) in [6.07, 6.45) is 27.1. The van der Waals surface area contributed by atoms with Gasteiger partial charge in [0.2, 0.25) is 10.6 Å². The highest BCUT2D eigenvalue weighted by molar-refractivity contribution is 6.30. The van der Waals surface area contributed by atoms with Gasteiger partial charge in [-0.3, -0.25) is 0 Å². The summed E-state index contributed by atoms with van der Waals surface area (Å²) in [5, 5.41) is 0.231. The Morgan fingerprint density at radius 2 is 0.364 bits per heavy atom. The fourth-order valence-electron chi connectivity index (χ4n) is 1.49. The predicted octanol–water partition coefficient (Wildman–Crippen LogP) is 0.408. The molecule has 7 aromatic rings. The van der Waals surface area contributed by atoms with Gasteiger partial charge in [0.15, 0.2) is 0 Å². The van der Waals surface area contributed by atoms with Crippen LogP contribution in [0.25, 0.3) is 0 Å². The Hall–Kier alpha value is -6.35. The SMILES string of the molecule is Clc1ncnc(Cl)n1.c1ncncn1.c1ncncn1.c1ncncn1.c1ncncn1.c1ncncn1.c1ncncn1. The standard InChI is InChI=1S/C3HCl2N3.6C3H3N3/c4-2-6-1-7-3(5)8-2;6*1-4-2-6-3-5-1/h1H;6*1-3H. The zero-order valence-electron chi connectivity index (χ0n) is 22.1. The van der Waals surface area contributed by atoms with Gasteiger partial charge in [0.1, 0.15) is 120 Å². The Bertz CT molecular complexity index is 1050. The molecule has 0 bridgehead atoms. The zero-order valence-corrected chi connectivity index (χ0v) is 23.6. The third-order valence-corrected chi connectivity index (χ3v) is 3.28. The van der Waals surface area contributed by atoms with Crippen molar-refractivity contribution >= 4 is 23.2 Å². The minimum atomic E-state index is 0.116. The molecule has 0 N–H and O–H groups in total. The molecule has 0 fully saturated rings. The van der Waals surface area contributed by atoms with Crippen LogP contribution in [-0.4, -0.2) is 105 Å². The normalized spacial score (nSPS) is 8.23. The van der Waals surface area contributed by atoms with Crippen LogP contribution in [0, 0.1) is 0 Å². The maximum absolute atomic E-state index is 5.30. The molecular weight excluding hydrogens is 617 g/mol. The lowest BCUT2D eigenvalue weighted by Gasteiger charge is -1.84. The molecule has 21 nitrogen and oxygen atoms in total. The Labute approximate surface area is 258 Å². The molecule has 0 aliphatic carbocycles. The van der Waals surface area contributed by atoms with Crippen molar-refractivity contribution < 1.29 is 0 Å². The van der Waals surface area contributed by atoms with Gasteiger partial charge in [-0.15, -0.1) is 0 Å². The van der Waals surface area contributed by atoms with Crippen LogP contribution >= 0.6 is 23.2 Å². The Morgan fingerprint density at radius 1 is 0.227 bits per heavy atom. The van der Waals surface area contributed by atoms with Gasteiger partial charge in [0, 0.05) is 0 Å². The third-order valence-electron chi connectivity index (χ3n) is 2.91. The highest BCUT2D eigenvalue weighted by Crippen LogP contribution is 2.00. The Morgan fingerprint density at radius 3 is 0.432 bits per heavy atom. The molecule has 0 unspecified atom stereocenters. The van der Waals surface area contributed by atoms with Crippen LogP contribution in [-0.2, 0) is 0 Å². The van der Waals surface area contributed by atoms with Gasteiger partial charge in [-0.1, -0.05) is 0 Å². The first-order valence-electron chi connectivity index (χ1n) is 11.1. The lowest BCUT2D eigenvalue weighted by Crippen LogP contribution is -1.83. The van der Waals surface area contributed by atoms with Crippen molar-refractivity contribution in [3.05, 3.63) is 131 Å². The van der Waals surface area contributed by atoms with Crippen LogP contribution in [0.3, 0.4) is 0 Å². The highest BCUT2D eigenvalue weighted by Gasteiger charge is 1.89. The molecule has 0 spiro atoms. The van der Waals surface area contributed by atoms with E-state index < -0.39 is 0 Å². The van der Waals surface area contributed by atoms with Gasteiger partial charge in [-0.05, 0) is 23.2 Å². The van der Waals surface area contributed by atoms with E-state index in [9.17, 15) is 0 Å². The number of aromatic nitrogens is 21. The lowest BCUT2D eigenvalue weighted by molar-refractivity contribution is 1.05. The second-order valence-corrected chi connectivity index (χ2v) is 6.46. The lowest BCUT2D eigenvalue weighted by atomic mass is 11.1. The summed E-state index contributed by atoms with van der Waals surface area (Å²) >= 11 is 10.6. The molecule has 0 atom stereocenters. The molecule has 0 aliphatic heterocycles. The average Bonchev–Trinajstić information content (AvgIpc) is 3.14. The molecule has 0 saturated heterocycles. The van der Waals surface area contributed by atoms with E-state index in [-0.39, 0.29) is 10.6 Å². The molecule has 7 aromatic heterocycles. The van der Waals surface area contributed by atoms with E-state index in [0.717, 1.165) is 0 Å². The van der Waals surface area contributed by atoms with Crippen molar-refractivity contribution in [3.8, 4) is 0 Å². The molecule has 0 radical (unpaired) electrons. The maximum Gasteiger partial charge on any atom is 0.226 e. The molecule has 44 heavy (non-hydrogen) atoms. The molecule has 0 aliphatic rings. The van der Waals surface area contributed by atoms with Gasteiger partial charge < -0.3 is 0 Å². The summed E-state index contributed by atoms with van der Waals surface area (Å²) in [4.78, 5) is 74.6. The minimum Gasteiger partial charge on any atom is -0.225 e. The quantitative estimate of drug-likeness (QED) is 0.218. The van der Waals surface area contributed by atoms with Crippen molar-refractivity contribution in [1.29, 1.82) is 0 Å². The van der Waals surface area contributed by atoms with Crippen LogP contribution in [0.2, 0.25) is 10.6 Å². The largest absolute Gasteiger partial charge is 0.226 e. The van der Waals surface area contributed by atoms with E-state index in [4.69, 9.17) is 23.2 Å². The van der Waals surface area contributed by atoms with Crippen LogP contribution in [0.4, 0.5) is 0 Å². The number of halogens is 2. The van der Waals surface area contributed by atoms with Crippen molar-refractivity contribution in [2.24, 2.45) is 0 Å². The second kappa shape index (κ2) is 29.6. The highest BCUT2D eigenvalue weighted by atomic mass is 35.5.